The van der Waals surface area contributed by atoms with Crippen LogP contribution in [0.5, 0.6) is 0 Å². The summed E-state index contributed by atoms with van der Waals surface area (Å²) in [5.41, 5.74) is 3.28. The molecule has 1 aliphatic rings. The molecule has 0 bridgehead atoms. The van der Waals surface area contributed by atoms with Crippen molar-refractivity contribution in [3.05, 3.63) is 0 Å². The minimum Gasteiger partial charge on any atom is -0.255 e. The molecular weight excluding hydrogens is 112 g/mol. The molecule has 1 saturated heterocycles. The standard InChI is InChI=1S/C7H16N2/c1-6(2)7-4-5-8-9(7)3/h6-8H,4-5H2,1-3H3. The molecule has 1 N–H and O–H groups in total. The van der Waals surface area contributed by atoms with Crippen LogP contribution < -0.4 is 5.43 Å². The summed E-state index contributed by atoms with van der Waals surface area (Å²) in [4.78, 5) is 0. The van der Waals surface area contributed by atoms with Gasteiger partial charge in [0, 0.05) is 19.6 Å². The SMILES string of the molecule is CC(C)C1CCNN1C. The Morgan fingerprint density at radius 1 is 1.56 bits per heavy atom. The first kappa shape index (κ1) is 7.03. The molecule has 0 aromatic carbocycles. The fraction of sp³-hybridized carbons (Fsp3) is 1.00. The normalized spacial score (nSPS) is 30.0. The van der Waals surface area contributed by atoms with Gasteiger partial charge >= 0.3 is 0 Å². The van der Waals surface area contributed by atoms with Crippen LogP contribution in [0.2, 0.25) is 0 Å². The first-order valence-electron chi connectivity index (χ1n) is 3.68. The van der Waals surface area contributed by atoms with Gasteiger partial charge in [-0.25, -0.2) is 5.01 Å². The van der Waals surface area contributed by atoms with Crippen LogP contribution in [-0.4, -0.2) is 24.6 Å². The predicted octanol–water partition coefficient (Wildman–Crippen LogP) is 0.851. The quantitative estimate of drug-likeness (QED) is 0.563. The van der Waals surface area contributed by atoms with E-state index in [0.29, 0.717) is 0 Å². The molecule has 0 aromatic heterocycles. The third-order valence-electron chi connectivity index (χ3n) is 2.07. The van der Waals surface area contributed by atoms with Crippen molar-refractivity contribution in [2.45, 2.75) is 26.3 Å². The van der Waals surface area contributed by atoms with Crippen molar-refractivity contribution >= 4 is 0 Å². The van der Waals surface area contributed by atoms with Gasteiger partial charge in [0.05, 0.1) is 0 Å². The highest BCUT2D eigenvalue weighted by atomic mass is 15.5. The molecule has 1 atom stereocenters. The summed E-state index contributed by atoms with van der Waals surface area (Å²) < 4.78 is 0. The number of hydrogen-bond acceptors (Lipinski definition) is 2. The van der Waals surface area contributed by atoms with Gasteiger partial charge in [0.15, 0.2) is 0 Å². The number of rotatable bonds is 1. The first-order chi connectivity index (χ1) is 4.22. The zero-order valence-electron chi connectivity index (χ0n) is 6.52. The van der Waals surface area contributed by atoms with Crippen LogP contribution in [0.3, 0.4) is 0 Å². The van der Waals surface area contributed by atoms with E-state index in [1.165, 1.54) is 6.42 Å². The minimum atomic E-state index is 0.755. The molecule has 2 nitrogen and oxygen atoms in total. The van der Waals surface area contributed by atoms with Gasteiger partial charge in [0.25, 0.3) is 0 Å². The molecule has 0 radical (unpaired) electrons. The Balaban J connectivity index is 2.40. The molecule has 0 spiro atoms. The molecule has 54 valence electrons. The van der Waals surface area contributed by atoms with E-state index in [0.717, 1.165) is 18.5 Å². The van der Waals surface area contributed by atoms with E-state index < -0.39 is 0 Å². The maximum absolute atomic E-state index is 3.28. The average Bonchev–Trinajstić information content (AvgIpc) is 2.13. The van der Waals surface area contributed by atoms with Crippen LogP contribution in [0.25, 0.3) is 0 Å². The molecule has 0 aliphatic carbocycles. The summed E-state index contributed by atoms with van der Waals surface area (Å²) in [5, 5.41) is 2.23. The minimum absolute atomic E-state index is 0.755. The largest absolute Gasteiger partial charge is 0.255 e. The second kappa shape index (κ2) is 2.67. The Morgan fingerprint density at radius 3 is 2.44 bits per heavy atom. The number of hydrogen-bond donors (Lipinski definition) is 1. The lowest BCUT2D eigenvalue weighted by atomic mass is 10.0. The molecule has 1 heterocycles. The topological polar surface area (TPSA) is 15.3 Å². The van der Waals surface area contributed by atoms with E-state index in [4.69, 9.17) is 0 Å². The van der Waals surface area contributed by atoms with Crippen molar-refractivity contribution in [3.63, 3.8) is 0 Å². The molecule has 1 fully saturated rings. The van der Waals surface area contributed by atoms with Crippen molar-refractivity contribution in [2.75, 3.05) is 13.6 Å². The van der Waals surface area contributed by atoms with Crippen LogP contribution in [-0.2, 0) is 0 Å². The Bertz CT molecular complexity index is 90.9. The van der Waals surface area contributed by atoms with E-state index in [1.807, 2.05) is 0 Å². The Hall–Kier alpha value is -0.0800. The van der Waals surface area contributed by atoms with Crippen LogP contribution >= 0.6 is 0 Å². The summed E-state index contributed by atoms with van der Waals surface area (Å²) in [6.07, 6.45) is 1.30. The van der Waals surface area contributed by atoms with Gasteiger partial charge in [-0.05, 0) is 12.3 Å². The second-order valence-corrected chi connectivity index (χ2v) is 3.12. The second-order valence-electron chi connectivity index (χ2n) is 3.12. The number of hydrazine groups is 1. The summed E-state index contributed by atoms with van der Waals surface area (Å²) in [5.74, 6) is 0.782. The van der Waals surface area contributed by atoms with Gasteiger partial charge in [-0.2, -0.15) is 0 Å². The van der Waals surface area contributed by atoms with Crippen LogP contribution in [0.15, 0.2) is 0 Å². The van der Waals surface area contributed by atoms with E-state index >= 15 is 0 Å². The maximum Gasteiger partial charge on any atom is 0.0276 e. The van der Waals surface area contributed by atoms with Crippen LogP contribution in [0, 0.1) is 5.92 Å². The zero-order chi connectivity index (χ0) is 6.85. The van der Waals surface area contributed by atoms with E-state index in [9.17, 15) is 0 Å². The van der Waals surface area contributed by atoms with Gasteiger partial charge < -0.3 is 0 Å². The van der Waals surface area contributed by atoms with Crippen LogP contribution in [0.1, 0.15) is 20.3 Å². The summed E-state index contributed by atoms with van der Waals surface area (Å²) >= 11 is 0. The Morgan fingerprint density at radius 2 is 2.22 bits per heavy atom. The van der Waals surface area contributed by atoms with E-state index in [-0.39, 0.29) is 0 Å². The molecule has 1 unspecified atom stereocenters. The molecule has 1 rings (SSSR count). The average molecular weight is 128 g/mol. The highest BCUT2D eigenvalue weighted by molar-refractivity contribution is 4.75. The summed E-state index contributed by atoms with van der Waals surface area (Å²) in [6, 6.07) is 0.755. The third-order valence-corrected chi connectivity index (χ3v) is 2.07. The smallest absolute Gasteiger partial charge is 0.0276 e. The molecule has 2 heteroatoms. The maximum atomic E-state index is 3.28. The van der Waals surface area contributed by atoms with Crippen molar-refractivity contribution in [1.29, 1.82) is 0 Å². The number of nitrogens with one attached hydrogen (secondary N) is 1. The Kier molecular flexibility index (Phi) is 2.09. The lowest BCUT2D eigenvalue weighted by Crippen LogP contribution is -2.35. The zero-order valence-corrected chi connectivity index (χ0v) is 6.52. The molecular formula is C7H16N2. The van der Waals surface area contributed by atoms with Crippen LogP contribution in [0.4, 0.5) is 0 Å². The number of nitrogens with zero attached hydrogens (tertiary/aromatic N) is 1. The lowest BCUT2D eigenvalue weighted by Gasteiger charge is -2.21. The van der Waals surface area contributed by atoms with Crippen molar-refractivity contribution in [1.82, 2.24) is 10.4 Å². The van der Waals surface area contributed by atoms with Gasteiger partial charge in [0.2, 0.25) is 0 Å². The molecule has 0 aromatic rings. The summed E-state index contributed by atoms with van der Waals surface area (Å²) in [7, 11) is 2.12. The fourth-order valence-corrected chi connectivity index (χ4v) is 1.48. The summed E-state index contributed by atoms with van der Waals surface area (Å²) in [6.45, 7) is 5.70. The third kappa shape index (κ3) is 1.43. The molecule has 0 amide bonds. The molecule has 0 saturated carbocycles. The van der Waals surface area contributed by atoms with Crippen molar-refractivity contribution in [3.8, 4) is 0 Å². The van der Waals surface area contributed by atoms with Crippen molar-refractivity contribution in [2.24, 2.45) is 5.92 Å². The van der Waals surface area contributed by atoms with Gasteiger partial charge in [-0.1, -0.05) is 13.8 Å². The lowest BCUT2D eigenvalue weighted by molar-refractivity contribution is 0.194. The van der Waals surface area contributed by atoms with Gasteiger partial charge in [0.1, 0.15) is 0 Å². The van der Waals surface area contributed by atoms with Crippen molar-refractivity contribution < 1.29 is 0 Å². The Labute approximate surface area is 57.2 Å². The molecule has 1 aliphatic heterocycles. The predicted molar refractivity (Wildman–Crippen MR) is 39.0 cm³/mol. The van der Waals surface area contributed by atoms with E-state index in [1.54, 1.807) is 0 Å². The monoisotopic (exact) mass is 128 g/mol. The highest BCUT2D eigenvalue weighted by Gasteiger charge is 2.22. The highest BCUT2D eigenvalue weighted by Crippen LogP contribution is 2.14. The fourth-order valence-electron chi connectivity index (χ4n) is 1.48. The van der Waals surface area contributed by atoms with Gasteiger partial charge in [-0.15, -0.1) is 0 Å². The van der Waals surface area contributed by atoms with Gasteiger partial charge in [-0.3, -0.25) is 5.43 Å². The first-order valence-corrected chi connectivity index (χ1v) is 3.68. The molecule has 9 heavy (non-hydrogen) atoms. The van der Waals surface area contributed by atoms with E-state index in [2.05, 4.69) is 31.3 Å².